The van der Waals surface area contributed by atoms with Crippen molar-refractivity contribution in [3.05, 3.63) is 34.4 Å². The van der Waals surface area contributed by atoms with Crippen molar-refractivity contribution in [2.24, 2.45) is 11.7 Å². The number of carbonyl (C=O) groups excluding carboxylic acids is 1. The molecule has 3 nitrogen and oxygen atoms in total. The second-order valence-corrected chi connectivity index (χ2v) is 5.87. The van der Waals surface area contributed by atoms with Gasteiger partial charge in [-0.05, 0) is 61.3 Å². The molecule has 0 amide bonds. The van der Waals surface area contributed by atoms with Gasteiger partial charge in [-0.2, -0.15) is 0 Å². The van der Waals surface area contributed by atoms with Gasteiger partial charge in [0.1, 0.15) is 6.04 Å². The summed E-state index contributed by atoms with van der Waals surface area (Å²) < 4.78 is 4.70. The minimum Gasteiger partial charge on any atom is -0.468 e. The number of carbonyl (C=O) groups is 1. The van der Waals surface area contributed by atoms with Crippen LogP contribution < -0.4 is 5.73 Å². The standard InChI is InChI=1S/C17H27NO2/c1-10-7-8-11(2)16(13(10)4)14(5)12(3)9-15(18)17(19)20-6/h7-8,12,14-15H,9,18H2,1-6H3. The maximum atomic E-state index is 11.4. The highest BCUT2D eigenvalue weighted by Crippen LogP contribution is 2.33. The van der Waals surface area contributed by atoms with Crippen molar-refractivity contribution in [2.45, 2.75) is 53.0 Å². The molecule has 0 saturated carbocycles. The average molecular weight is 277 g/mol. The van der Waals surface area contributed by atoms with Crippen LogP contribution in [0.15, 0.2) is 12.1 Å². The molecule has 1 aromatic carbocycles. The Kier molecular flexibility index (Phi) is 5.75. The van der Waals surface area contributed by atoms with E-state index >= 15 is 0 Å². The van der Waals surface area contributed by atoms with Crippen molar-refractivity contribution in [1.29, 1.82) is 0 Å². The quantitative estimate of drug-likeness (QED) is 0.841. The van der Waals surface area contributed by atoms with Gasteiger partial charge in [-0.15, -0.1) is 0 Å². The summed E-state index contributed by atoms with van der Waals surface area (Å²) in [4.78, 5) is 11.4. The Morgan fingerprint density at radius 3 is 2.30 bits per heavy atom. The monoisotopic (exact) mass is 277 g/mol. The summed E-state index contributed by atoms with van der Waals surface area (Å²) in [6.45, 7) is 10.8. The van der Waals surface area contributed by atoms with E-state index in [0.29, 0.717) is 18.3 Å². The Hall–Kier alpha value is -1.35. The van der Waals surface area contributed by atoms with E-state index in [9.17, 15) is 4.79 Å². The fourth-order valence-corrected chi connectivity index (χ4v) is 2.81. The van der Waals surface area contributed by atoms with Crippen LogP contribution in [-0.4, -0.2) is 19.1 Å². The van der Waals surface area contributed by atoms with E-state index in [1.165, 1.54) is 29.4 Å². The summed E-state index contributed by atoms with van der Waals surface area (Å²) in [5.74, 6) is 0.357. The topological polar surface area (TPSA) is 52.3 Å². The van der Waals surface area contributed by atoms with Gasteiger partial charge in [0.2, 0.25) is 0 Å². The van der Waals surface area contributed by atoms with Crippen LogP contribution in [0.3, 0.4) is 0 Å². The SMILES string of the molecule is COC(=O)C(N)CC(C)C(C)c1c(C)ccc(C)c1C. The molecule has 20 heavy (non-hydrogen) atoms. The maximum Gasteiger partial charge on any atom is 0.322 e. The van der Waals surface area contributed by atoms with Gasteiger partial charge in [0.05, 0.1) is 7.11 Å². The molecule has 0 aromatic heterocycles. The first-order valence-corrected chi connectivity index (χ1v) is 7.19. The van der Waals surface area contributed by atoms with Crippen molar-refractivity contribution in [2.75, 3.05) is 7.11 Å². The molecule has 3 atom stereocenters. The number of hydrogen-bond acceptors (Lipinski definition) is 3. The van der Waals surface area contributed by atoms with E-state index in [0.717, 1.165) is 0 Å². The molecule has 0 saturated heterocycles. The highest BCUT2D eigenvalue weighted by molar-refractivity contribution is 5.75. The van der Waals surface area contributed by atoms with Crippen LogP contribution in [0.4, 0.5) is 0 Å². The first-order valence-electron chi connectivity index (χ1n) is 7.19. The zero-order valence-electron chi connectivity index (χ0n) is 13.5. The van der Waals surface area contributed by atoms with Crippen LogP contribution in [0.25, 0.3) is 0 Å². The summed E-state index contributed by atoms with van der Waals surface area (Å²) in [7, 11) is 1.38. The summed E-state index contributed by atoms with van der Waals surface area (Å²) in [6, 6.07) is 3.79. The molecule has 112 valence electrons. The van der Waals surface area contributed by atoms with Crippen LogP contribution in [0.2, 0.25) is 0 Å². The number of rotatable bonds is 5. The highest BCUT2D eigenvalue weighted by atomic mass is 16.5. The maximum absolute atomic E-state index is 11.4. The first-order chi connectivity index (χ1) is 9.29. The van der Waals surface area contributed by atoms with Crippen LogP contribution >= 0.6 is 0 Å². The molecule has 3 unspecified atom stereocenters. The molecule has 0 heterocycles. The normalized spacial score (nSPS) is 15.6. The van der Waals surface area contributed by atoms with Gasteiger partial charge < -0.3 is 10.5 Å². The minimum absolute atomic E-state index is 0.322. The second kappa shape index (κ2) is 6.89. The van der Waals surface area contributed by atoms with Gasteiger partial charge in [-0.3, -0.25) is 4.79 Å². The zero-order valence-corrected chi connectivity index (χ0v) is 13.5. The number of aryl methyl sites for hydroxylation is 2. The highest BCUT2D eigenvalue weighted by Gasteiger charge is 2.24. The fourth-order valence-electron chi connectivity index (χ4n) is 2.81. The Balaban J connectivity index is 2.92. The molecule has 0 radical (unpaired) electrons. The zero-order chi connectivity index (χ0) is 15.4. The molecule has 0 bridgehead atoms. The second-order valence-electron chi connectivity index (χ2n) is 5.87. The van der Waals surface area contributed by atoms with E-state index in [-0.39, 0.29) is 5.97 Å². The lowest BCUT2D eigenvalue weighted by molar-refractivity contribution is -0.142. The average Bonchev–Trinajstić information content (AvgIpc) is 2.42. The van der Waals surface area contributed by atoms with Crippen molar-refractivity contribution < 1.29 is 9.53 Å². The van der Waals surface area contributed by atoms with Crippen molar-refractivity contribution in [3.8, 4) is 0 Å². The molecule has 0 aliphatic carbocycles. The van der Waals surface area contributed by atoms with Crippen LogP contribution in [0, 0.1) is 26.7 Å². The summed E-state index contributed by atoms with van der Waals surface area (Å²) >= 11 is 0. The first kappa shape index (κ1) is 16.7. The Morgan fingerprint density at radius 2 is 1.75 bits per heavy atom. The number of ether oxygens (including phenoxy) is 1. The fraction of sp³-hybridized carbons (Fsp3) is 0.588. The van der Waals surface area contributed by atoms with E-state index in [1.807, 2.05) is 0 Å². The smallest absolute Gasteiger partial charge is 0.322 e. The van der Waals surface area contributed by atoms with E-state index in [2.05, 4.69) is 46.8 Å². The van der Waals surface area contributed by atoms with Gasteiger partial charge in [0, 0.05) is 0 Å². The predicted molar refractivity (Wildman–Crippen MR) is 82.8 cm³/mol. The number of nitrogens with two attached hydrogens (primary N) is 1. The Morgan fingerprint density at radius 1 is 1.20 bits per heavy atom. The molecule has 3 heteroatoms. The Bertz CT molecular complexity index is 482. The molecule has 0 aliphatic heterocycles. The summed E-state index contributed by atoms with van der Waals surface area (Å²) in [5.41, 5.74) is 11.2. The lowest BCUT2D eigenvalue weighted by Crippen LogP contribution is -2.34. The lowest BCUT2D eigenvalue weighted by atomic mass is 9.80. The van der Waals surface area contributed by atoms with Crippen molar-refractivity contribution in [1.82, 2.24) is 0 Å². The van der Waals surface area contributed by atoms with Crippen molar-refractivity contribution in [3.63, 3.8) is 0 Å². The summed E-state index contributed by atoms with van der Waals surface area (Å²) in [6.07, 6.45) is 0.640. The van der Waals surface area contributed by atoms with Gasteiger partial charge in [0.25, 0.3) is 0 Å². The van der Waals surface area contributed by atoms with Gasteiger partial charge in [-0.1, -0.05) is 26.0 Å². The molecular formula is C17H27NO2. The molecule has 1 rings (SSSR count). The largest absolute Gasteiger partial charge is 0.468 e. The van der Waals surface area contributed by atoms with Gasteiger partial charge in [-0.25, -0.2) is 0 Å². The van der Waals surface area contributed by atoms with E-state index in [4.69, 9.17) is 10.5 Å². The van der Waals surface area contributed by atoms with E-state index in [1.54, 1.807) is 0 Å². The number of benzene rings is 1. The lowest BCUT2D eigenvalue weighted by Gasteiger charge is -2.26. The number of hydrogen-bond donors (Lipinski definition) is 1. The molecule has 0 fully saturated rings. The molecule has 0 aliphatic rings. The van der Waals surface area contributed by atoms with Crippen molar-refractivity contribution >= 4 is 5.97 Å². The third-order valence-corrected chi connectivity index (χ3v) is 4.44. The summed E-state index contributed by atoms with van der Waals surface area (Å²) in [5, 5.41) is 0. The van der Waals surface area contributed by atoms with E-state index < -0.39 is 6.04 Å². The number of esters is 1. The third-order valence-electron chi connectivity index (χ3n) is 4.44. The predicted octanol–water partition coefficient (Wildman–Crippen LogP) is 3.24. The van der Waals surface area contributed by atoms with Crippen LogP contribution in [-0.2, 0) is 9.53 Å². The number of methoxy groups -OCH3 is 1. The van der Waals surface area contributed by atoms with Gasteiger partial charge in [0.15, 0.2) is 0 Å². The minimum atomic E-state index is -0.539. The van der Waals surface area contributed by atoms with Crippen LogP contribution in [0.1, 0.15) is 48.4 Å². The van der Waals surface area contributed by atoms with Gasteiger partial charge >= 0.3 is 5.97 Å². The molecule has 2 N–H and O–H groups in total. The molecule has 1 aromatic rings. The van der Waals surface area contributed by atoms with Crippen LogP contribution in [0.5, 0.6) is 0 Å². The molecule has 0 spiro atoms. The third kappa shape index (κ3) is 3.60. The molecular weight excluding hydrogens is 250 g/mol. The Labute approximate surface area is 122 Å².